The van der Waals surface area contributed by atoms with Gasteiger partial charge in [0, 0.05) is 5.39 Å². The molecule has 0 aliphatic carbocycles. The zero-order valence-electron chi connectivity index (χ0n) is 13.4. The van der Waals surface area contributed by atoms with E-state index in [0.29, 0.717) is 0 Å². The summed E-state index contributed by atoms with van der Waals surface area (Å²) in [5, 5.41) is 3.54. The highest BCUT2D eigenvalue weighted by Crippen LogP contribution is 2.22. The molecule has 0 amide bonds. The number of benzene rings is 3. The smallest absolute Gasteiger partial charge is 0.119 e. The number of aromatic nitrogens is 1. The average molecular weight is 311 g/mol. The molecule has 0 atom stereocenters. The predicted octanol–water partition coefficient (Wildman–Crippen LogP) is 5.57. The zero-order valence-corrected chi connectivity index (χ0v) is 13.4. The third-order valence-corrected chi connectivity index (χ3v) is 4.14. The van der Waals surface area contributed by atoms with Crippen LogP contribution in [0.1, 0.15) is 11.3 Å². The lowest BCUT2D eigenvalue weighted by Gasteiger charge is -2.03. The van der Waals surface area contributed by atoms with Crippen LogP contribution in [0.4, 0.5) is 0 Å². The fourth-order valence-corrected chi connectivity index (χ4v) is 2.83. The molecule has 0 saturated carbocycles. The van der Waals surface area contributed by atoms with Gasteiger partial charge in [0.05, 0.1) is 18.3 Å². The van der Waals surface area contributed by atoms with Crippen LogP contribution >= 0.6 is 0 Å². The molecule has 0 aliphatic heterocycles. The number of rotatable bonds is 3. The van der Waals surface area contributed by atoms with E-state index in [1.54, 1.807) is 7.11 Å². The minimum Gasteiger partial charge on any atom is -0.497 e. The summed E-state index contributed by atoms with van der Waals surface area (Å²) in [6, 6.07) is 24.8. The number of ether oxygens (including phenoxy) is 1. The Morgan fingerprint density at radius 3 is 2.46 bits per heavy atom. The van der Waals surface area contributed by atoms with Crippen LogP contribution in [0.3, 0.4) is 0 Å². The monoisotopic (exact) mass is 311 g/mol. The Morgan fingerprint density at radius 2 is 1.54 bits per heavy atom. The second-order valence-electron chi connectivity index (χ2n) is 5.73. The molecular formula is C22H17NO. The molecular weight excluding hydrogens is 294 g/mol. The fraction of sp³-hybridized carbons (Fsp3) is 0.0455. The first kappa shape index (κ1) is 14.5. The van der Waals surface area contributed by atoms with Gasteiger partial charge in [-0.25, -0.2) is 4.98 Å². The first-order valence-corrected chi connectivity index (χ1v) is 7.93. The van der Waals surface area contributed by atoms with Gasteiger partial charge in [-0.1, -0.05) is 48.5 Å². The van der Waals surface area contributed by atoms with Crippen molar-refractivity contribution >= 4 is 33.8 Å². The van der Waals surface area contributed by atoms with Crippen molar-refractivity contribution in [1.82, 2.24) is 4.98 Å². The van der Waals surface area contributed by atoms with E-state index in [2.05, 4.69) is 53.5 Å². The van der Waals surface area contributed by atoms with Crippen LogP contribution in [-0.4, -0.2) is 12.1 Å². The Morgan fingerprint density at radius 1 is 0.750 bits per heavy atom. The summed E-state index contributed by atoms with van der Waals surface area (Å²) < 4.78 is 5.27. The maximum atomic E-state index is 5.27. The molecule has 0 saturated heterocycles. The van der Waals surface area contributed by atoms with Crippen LogP contribution < -0.4 is 4.74 Å². The third-order valence-electron chi connectivity index (χ3n) is 4.14. The van der Waals surface area contributed by atoms with Crippen LogP contribution in [0.5, 0.6) is 5.75 Å². The molecule has 4 rings (SSSR count). The number of fused-ring (bicyclic) bond motifs is 2. The van der Waals surface area contributed by atoms with Gasteiger partial charge in [0.15, 0.2) is 0 Å². The quantitative estimate of drug-likeness (QED) is 0.493. The molecule has 0 aliphatic rings. The Hall–Kier alpha value is -3.13. The Kier molecular flexibility index (Phi) is 3.72. The number of nitrogens with zero attached hydrogens (tertiary/aromatic N) is 1. The Labute approximate surface area is 141 Å². The molecule has 0 radical (unpaired) electrons. The molecule has 2 heteroatoms. The summed E-state index contributed by atoms with van der Waals surface area (Å²) in [7, 11) is 1.69. The van der Waals surface area contributed by atoms with Gasteiger partial charge in [0.2, 0.25) is 0 Å². The fourth-order valence-electron chi connectivity index (χ4n) is 2.83. The first-order valence-electron chi connectivity index (χ1n) is 7.93. The average Bonchev–Trinajstić information content (AvgIpc) is 2.65. The molecule has 4 aromatic rings. The zero-order chi connectivity index (χ0) is 16.4. The second kappa shape index (κ2) is 6.17. The van der Waals surface area contributed by atoms with E-state index < -0.39 is 0 Å². The summed E-state index contributed by atoms with van der Waals surface area (Å²) >= 11 is 0. The van der Waals surface area contributed by atoms with Crippen molar-refractivity contribution in [3.05, 3.63) is 84.1 Å². The van der Waals surface area contributed by atoms with Crippen LogP contribution in [0, 0.1) is 0 Å². The van der Waals surface area contributed by atoms with E-state index in [4.69, 9.17) is 4.74 Å². The highest BCUT2D eigenvalue weighted by molar-refractivity contribution is 5.87. The van der Waals surface area contributed by atoms with Crippen molar-refractivity contribution in [2.45, 2.75) is 0 Å². The second-order valence-corrected chi connectivity index (χ2v) is 5.73. The van der Waals surface area contributed by atoms with Gasteiger partial charge in [-0.2, -0.15) is 0 Å². The number of para-hydroxylation sites is 1. The number of hydrogen-bond acceptors (Lipinski definition) is 2. The molecule has 0 unspecified atom stereocenters. The van der Waals surface area contributed by atoms with Crippen LogP contribution in [0.15, 0.2) is 72.8 Å². The van der Waals surface area contributed by atoms with E-state index >= 15 is 0 Å². The summed E-state index contributed by atoms with van der Waals surface area (Å²) in [6.07, 6.45) is 4.15. The van der Waals surface area contributed by atoms with Gasteiger partial charge >= 0.3 is 0 Å². The lowest BCUT2D eigenvalue weighted by atomic mass is 10.1. The van der Waals surface area contributed by atoms with Gasteiger partial charge in [-0.15, -0.1) is 0 Å². The molecule has 0 bridgehead atoms. The van der Waals surface area contributed by atoms with E-state index in [0.717, 1.165) is 27.9 Å². The summed E-state index contributed by atoms with van der Waals surface area (Å²) in [6.45, 7) is 0. The topological polar surface area (TPSA) is 22.1 Å². The molecule has 0 fully saturated rings. The first-order chi connectivity index (χ1) is 11.8. The van der Waals surface area contributed by atoms with E-state index in [9.17, 15) is 0 Å². The van der Waals surface area contributed by atoms with Gasteiger partial charge in [-0.3, -0.25) is 0 Å². The molecule has 116 valence electrons. The number of hydrogen-bond donors (Lipinski definition) is 0. The minimum absolute atomic E-state index is 0.881. The van der Waals surface area contributed by atoms with Crippen molar-refractivity contribution in [3.8, 4) is 5.75 Å². The van der Waals surface area contributed by atoms with Crippen LogP contribution in [-0.2, 0) is 0 Å². The molecule has 1 aromatic heterocycles. The van der Waals surface area contributed by atoms with Crippen LogP contribution in [0.25, 0.3) is 33.8 Å². The van der Waals surface area contributed by atoms with Crippen molar-refractivity contribution < 1.29 is 4.74 Å². The summed E-state index contributed by atoms with van der Waals surface area (Å²) in [5.41, 5.74) is 3.14. The van der Waals surface area contributed by atoms with Gasteiger partial charge in [0.25, 0.3) is 0 Å². The molecule has 1 heterocycles. The SMILES string of the molecule is COc1ccc2cc(/C=C/c3ccc4ccccc4n3)ccc2c1. The number of pyridine rings is 1. The Balaban J connectivity index is 1.65. The van der Waals surface area contributed by atoms with Crippen molar-refractivity contribution in [2.24, 2.45) is 0 Å². The standard InChI is InChI=1S/C22H17NO/c1-24-21-13-10-18-14-16(6-8-19(18)15-21)7-11-20-12-9-17-4-2-3-5-22(17)23-20/h2-15H,1H3/b11-7+. The molecule has 3 aromatic carbocycles. The van der Waals surface area contributed by atoms with E-state index in [1.165, 1.54) is 10.8 Å². The molecule has 0 N–H and O–H groups in total. The highest BCUT2D eigenvalue weighted by Gasteiger charge is 1.98. The van der Waals surface area contributed by atoms with Gasteiger partial charge in [0.1, 0.15) is 5.75 Å². The van der Waals surface area contributed by atoms with Gasteiger partial charge in [-0.05, 0) is 52.7 Å². The Bertz CT molecular complexity index is 1050. The molecule has 2 nitrogen and oxygen atoms in total. The molecule has 24 heavy (non-hydrogen) atoms. The molecule has 0 spiro atoms. The summed E-state index contributed by atoms with van der Waals surface area (Å²) in [4.78, 5) is 4.67. The largest absolute Gasteiger partial charge is 0.497 e. The van der Waals surface area contributed by atoms with Crippen LogP contribution in [0.2, 0.25) is 0 Å². The maximum Gasteiger partial charge on any atom is 0.119 e. The third kappa shape index (κ3) is 2.86. The maximum absolute atomic E-state index is 5.27. The lowest BCUT2D eigenvalue weighted by molar-refractivity contribution is 0.415. The van der Waals surface area contributed by atoms with Gasteiger partial charge < -0.3 is 4.74 Å². The summed E-state index contributed by atoms with van der Waals surface area (Å²) in [5.74, 6) is 0.881. The minimum atomic E-state index is 0.881. The van der Waals surface area contributed by atoms with E-state index in [-0.39, 0.29) is 0 Å². The van der Waals surface area contributed by atoms with Crippen molar-refractivity contribution in [1.29, 1.82) is 0 Å². The normalized spacial score (nSPS) is 11.4. The van der Waals surface area contributed by atoms with E-state index in [1.807, 2.05) is 36.4 Å². The predicted molar refractivity (Wildman–Crippen MR) is 101 cm³/mol. The number of methoxy groups -OCH3 is 1. The van der Waals surface area contributed by atoms with Crippen molar-refractivity contribution in [3.63, 3.8) is 0 Å². The highest BCUT2D eigenvalue weighted by atomic mass is 16.5. The van der Waals surface area contributed by atoms with Crippen molar-refractivity contribution in [2.75, 3.05) is 7.11 Å². The lowest BCUT2D eigenvalue weighted by Crippen LogP contribution is -1.83.